The first-order chi connectivity index (χ1) is 13.4. The van der Waals surface area contributed by atoms with Crippen molar-refractivity contribution in [2.45, 2.75) is 27.3 Å². The third-order valence-electron chi connectivity index (χ3n) is 4.44. The molecule has 0 saturated carbocycles. The molecule has 0 aliphatic heterocycles. The van der Waals surface area contributed by atoms with E-state index in [0.717, 1.165) is 11.3 Å². The highest BCUT2D eigenvalue weighted by Crippen LogP contribution is 2.21. The lowest BCUT2D eigenvalue weighted by Gasteiger charge is -2.23. The second-order valence-electron chi connectivity index (χ2n) is 6.63. The Morgan fingerprint density at radius 2 is 1.86 bits per heavy atom. The largest absolute Gasteiger partial charge is 0.311 e. The number of halogens is 1. The van der Waals surface area contributed by atoms with Crippen molar-refractivity contribution in [3.63, 3.8) is 0 Å². The van der Waals surface area contributed by atoms with Gasteiger partial charge in [0.2, 0.25) is 5.91 Å². The molecule has 0 radical (unpaired) electrons. The predicted molar refractivity (Wildman–Crippen MR) is 113 cm³/mol. The van der Waals surface area contributed by atoms with E-state index >= 15 is 0 Å². The molecule has 0 saturated heterocycles. The maximum atomic E-state index is 13.1. The van der Waals surface area contributed by atoms with E-state index in [1.54, 1.807) is 30.0 Å². The molecule has 0 bridgehead atoms. The number of carbonyl (C=O) groups excluding carboxylic acids is 1. The minimum Gasteiger partial charge on any atom is -0.311 e. The summed E-state index contributed by atoms with van der Waals surface area (Å²) in [4.78, 5) is 31.9. The number of carbonyl (C=O) groups is 1. The fourth-order valence-electron chi connectivity index (χ4n) is 3.14. The minimum absolute atomic E-state index is 0.101. The summed E-state index contributed by atoms with van der Waals surface area (Å²) in [6, 6.07) is 16.3. The van der Waals surface area contributed by atoms with Gasteiger partial charge < -0.3 is 4.90 Å². The molecule has 0 aliphatic carbocycles. The molecule has 3 rings (SSSR count). The summed E-state index contributed by atoms with van der Waals surface area (Å²) in [6.45, 7) is 6.05. The summed E-state index contributed by atoms with van der Waals surface area (Å²) < 4.78 is 1.40. The summed E-state index contributed by atoms with van der Waals surface area (Å²) in [5.74, 6) is 0.255. The molecule has 28 heavy (non-hydrogen) atoms. The molecule has 0 N–H and O–H groups in total. The molecule has 1 heterocycles. The van der Waals surface area contributed by atoms with Crippen LogP contribution in [0.5, 0.6) is 0 Å². The van der Waals surface area contributed by atoms with Gasteiger partial charge in [0.05, 0.1) is 0 Å². The van der Waals surface area contributed by atoms with Crippen LogP contribution in [-0.2, 0) is 11.3 Å². The summed E-state index contributed by atoms with van der Waals surface area (Å²) >= 11 is 6.11. The Morgan fingerprint density at radius 3 is 2.54 bits per heavy atom. The van der Waals surface area contributed by atoms with E-state index < -0.39 is 0 Å². The third kappa shape index (κ3) is 4.31. The number of benzene rings is 2. The highest BCUT2D eigenvalue weighted by Gasteiger charge is 2.18. The molecule has 0 unspecified atom stereocenters. The number of amides is 1. The first-order valence-corrected chi connectivity index (χ1v) is 9.48. The monoisotopic (exact) mass is 395 g/mol. The molecule has 0 fully saturated rings. The van der Waals surface area contributed by atoms with Gasteiger partial charge in [-0.05, 0) is 50.6 Å². The molecule has 1 amide bonds. The van der Waals surface area contributed by atoms with Crippen LogP contribution in [0.1, 0.15) is 18.2 Å². The van der Waals surface area contributed by atoms with Gasteiger partial charge in [0.1, 0.15) is 12.4 Å². The maximum Gasteiger partial charge on any atom is 0.254 e. The molecular weight excluding hydrogens is 374 g/mol. The van der Waals surface area contributed by atoms with Gasteiger partial charge in [0, 0.05) is 34.6 Å². The van der Waals surface area contributed by atoms with Gasteiger partial charge in [-0.3, -0.25) is 14.2 Å². The van der Waals surface area contributed by atoms with E-state index in [0.29, 0.717) is 28.6 Å². The molecular formula is C22H22ClN3O2. The lowest BCUT2D eigenvalue weighted by Crippen LogP contribution is -2.37. The quantitative estimate of drug-likeness (QED) is 0.649. The Hall–Kier alpha value is -2.92. The molecule has 2 aromatic carbocycles. The number of aryl methyl sites for hydroxylation is 2. The van der Waals surface area contributed by atoms with Crippen LogP contribution in [0.3, 0.4) is 0 Å². The van der Waals surface area contributed by atoms with Gasteiger partial charge in [0.15, 0.2) is 0 Å². The number of hydrogen-bond donors (Lipinski definition) is 0. The highest BCUT2D eigenvalue weighted by atomic mass is 35.5. The van der Waals surface area contributed by atoms with Crippen LogP contribution >= 0.6 is 11.6 Å². The average molecular weight is 396 g/mol. The van der Waals surface area contributed by atoms with Gasteiger partial charge in [0.25, 0.3) is 5.56 Å². The minimum atomic E-state index is -0.267. The zero-order valence-corrected chi connectivity index (χ0v) is 16.9. The van der Waals surface area contributed by atoms with E-state index in [9.17, 15) is 9.59 Å². The fourth-order valence-corrected chi connectivity index (χ4v) is 3.33. The van der Waals surface area contributed by atoms with E-state index in [1.807, 2.05) is 44.2 Å². The Bertz CT molecular complexity index is 1080. The second kappa shape index (κ2) is 8.40. The van der Waals surface area contributed by atoms with Crippen molar-refractivity contribution in [2.24, 2.45) is 0 Å². The molecule has 1 aromatic heterocycles. The summed E-state index contributed by atoms with van der Waals surface area (Å²) in [5.41, 5.74) is 2.90. The highest BCUT2D eigenvalue weighted by molar-refractivity contribution is 6.30. The number of hydrogen-bond acceptors (Lipinski definition) is 3. The smallest absolute Gasteiger partial charge is 0.254 e. The lowest BCUT2D eigenvalue weighted by molar-refractivity contribution is -0.119. The van der Waals surface area contributed by atoms with Crippen molar-refractivity contribution in [1.82, 2.24) is 9.55 Å². The van der Waals surface area contributed by atoms with Crippen LogP contribution < -0.4 is 10.5 Å². The topological polar surface area (TPSA) is 55.2 Å². The molecule has 5 nitrogen and oxygen atoms in total. The van der Waals surface area contributed by atoms with Crippen molar-refractivity contribution >= 4 is 23.2 Å². The molecule has 6 heteroatoms. The van der Waals surface area contributed by atoms with Crippen LogP contribution in [0.25, 0.3) is 11.4 Å². The second-order valence-corrected chi connectivity index (χ2v) is 7.07. The molecule has 0 spiro atoms. The lowest BCUT2D eigenvalue weighted by atomic mass is 10.2. The Kier molecular flexibility index (Phi) is 5.95. The van der Waals surface area contributed by atoms with Crippen molar-refractivity contribution in [2.75, 3.05) is 11.4 Å². The van der Waals surface area contributed by atoms with Gasteiger partial charge in [-0.25, -0.2) is 4.98 Å². The predicted octanol–water partition coefficient (Wildman–Crippen LogP) is 4.23. The normalized spacial score (nSPS) is 10.7. The average Bonchev–Trinajstić information content (AvgIpc) is 2.64. The number of anilines is 1. The Labute approximate surface area is 169 Å². The van der Waals surface area contributed by atoms with E-state index in [-0.39, 0.29) is 18.0 Å². The summed E-state index contributed by atoms with van der Waals surface area (Å²) in [6.07, 6.45) is 0. The number of aromatic nitrogens is 2. The molecule has 0 atom stereocenters. The van der Waals surface area contributed by atoms with Crippen molar-refractivity contribution < 1.29 is 4.79 Å². The zero-order chi connectivity index (χ0) is 20.3. The van der Waals surface area contributed by atoms with Crippen LogP contribution in [0.4, 0.5) is 5.69 Å². The van der Waals surface area contributed by atoms with Gasteiger partial charge >= 0.3 is 0 Å². The summed E-state index contributed by atoms with van der Waals surface area (Å²) in [7, 11) is 0. The third-order valence-corrected chi connectivity index (χ3v) is 4.68. The van der Waals surface area contributed by atoms with Crippen LogP contribution in [0, 0.1) is 13.8 Å². The van der Waals surface area contributed by atoms with E-state index in [1.165, 1.54) is 10.6 Å². The molecule has 144 valence electrons. The van der Waals surface area contributed by atoms with Crippen LogP contribution in [0.2, 0.25) is 5.02 Å². The first kappa shape index (κ1) is 19.8. The Balaban J connectivity index is 2.02. The molecule has 0 aliphatic rings. The standard InChI is InChI=1S/C22H22ClN3O2/c1-4-25(19-10-5-7-15(2)11-19)21(28)14-26-20(27)12-16(3)24-22(26)17-8-6-9-18(23)13-17/h5-13H,4,14H2,1-3H3. The maximum absolute atomic E-state index is 13.1. The van der Waals surface area contributed by atoms with E-state index in [4.69, 9.17) is 11.6 Å². The van der Waals surface area contributed by atoms with Gasteiger partial charge in [-0.1, -0.05) is 35.9 Å². The van der Waals surface area contributed by atoms with Crippen molar-refractivity contribution in [1.29, 1.82) is 0 Å². The molecule has 3 aromatic rings. The number of likely N-dealkylation sites (N-methyl/N-ethyl adjacent to an activating group) is 1. The van der Waals surface area contributed by atoms with Crippen molar-refractivity contribution in [3.8, 4) is 11.4 Å². The SMILES string of the molecule is CCN(C(=O)Cn1c(-c2cccc(Cl)c2)nc(C)cc1=O)c1cccc(C)c1. The zero-order valence-electron chi connectivity index (χ0n) is 16.1. The summed E-state index contributed by atoms with van der Waals surface area (Å²) in [5, 5.41) is 0.543. The fraction of sp³-hybridized carbons (Fsp3) is 0.227. The number of nitrogens with zero attached hydrogens (tertiary/aromatic N) is 3. The van der Waals surface area contributed by atoms with Gasteiger partial charge in [-0.15, -0.1) is 0 Å². The van der Waals surface area contributed by atoms with E-state index in [2.05, 4.69) is 4.98 Å². The van der Waals surface area contributed by atoms with Crippen molar-refractivity contribution in [3.05, 3.63) is 81.2 Å². The first-order valence-electron chi connectivity index (χ1n) is 9.10. The number of rotatable bonds is 5. The van der Waals surface area contributed by atoms with Crippen LogP contribution in [-0.4, -0.2) is 22.0 Å². The van der Waals surface area contributed by atoms with Gasteiger partial charge in [-0.2, -0.15) is 0 Å². The Morgan fingerprint density at radius 1 is 1.11 bits per heavy atom. The van der Waals surface area contributed by atoms with Crippen LogP contribution in [0.15, 0.2) is 59.4 Å².